The van der Waals surface area contributed by atoms with Crippen molar-refractivity contribution in [3.05, 3.63) is 53.6 Å². The van der Waals surface area contributed by atoms with Crippen molar-refractivity contribution in [2.24, 2.45) is 0 Å². The highest BCUT2D eigenvalue weighted by Gasteiger charge is 2.11. The Bertz CT molecular complexity index is 450. The quantitative estimate of drug-likeness (QED) is 0.820. The molecule has 0 amide bonds. The Morgan fingerprint density at radius 3 is 2.94 bits per heavy atom. The Balaban J connectivity index is 1.83. The molecule has 3 rings (SSSR count). The molecule has 0 bridgehead atoms. The van der Waals surface area contributed by atoms with Crippen LogP contribution in [0, 0.1) is 0 Å². The average molecular weight is 213 g/mol. The summed E-state index contributed by atoms with van der Waals surface area (Å²) in [5.74, 6) is 1.16. The zero-order valence-corrected chi connectivity index (χ0v) is 9.19. The van der Waals surface area contributed by atoms with Crippen molar-refractivity contribution in [3.8, 4) is 0 Å². The van der Waals surface area contributed by atoms with Crippen LogP contribution in [0.1, 0.15) is 17.1 Å². The Kier molecular flexibility index (Phi) is 2.46. The monoisotopic (exact) mass is 213 g/mol. The first kappa shape index (κ1) is 9.60. The Hall–Kier alpha value is -1.61. The van der Waals surface area contributed by atoms with E-state index in [0.717, 1.165) is 31.9 Å². The van der Waals surface area contributed by atoms with Crippen LogP contribution < -0.4 is 5.32 Å². The summed E-state index contributed by atoms with van der Waals surface area (Å²) in [5.41, 5.74) is 2.50. The number of aromatic nitrogens is 2. The number of hydrogen-bond donors (Lipinski definition) is 1. The van der Waals surface area contributed by atoms with Gasteiger partial charge in [0.25, 0.3) is 0 Å². The van der Waals surface area contributed by atoms with E-state index in [1.54, 1.807) is 0 Å². The van der Waals surface area contributed by atoms with E-state index in [-0.39, 0.29) is 0 Å². The molecule has 0 saturated carbocycles. The minimum absolute atomic E-state index is 0.898. The maximum Gasteiger partial charge on any atom is 0.123 e. The molecule has 2 heterocycles. The van der Waals surface area contributed by atoms with Gasteiger partial charge in [-0.25, -0.2) is 4.98 Å². The fourth-order valence-corrected chi connectivity index (χ4v) is 2.14. The zero-order valence-electron chi connectivity index (χ0n) is 9.19. The molecule has 0 spiro atoms. The summed E-state index contributed by atoms with van der Waals surface area (Å²) in [5, 5.41) is 3.33. The lowest BCUT2D eigenvalue weighted by molar-refractivity contribution is 0.505. The van der Waals surface area contributed by atoms with Crippen molar-refractivity contribution in [2.45, 2.75) is 19.5 Å². The minimum atomic E-state index is 0.898. The largest absolute Gasteiger partial charge is 0.332 e. The van der Waals surface area contributed by atoms with E-state index in [4.69, 9.17) is 0 Å². The predicted octanol–water partition coefficient (Wildman–Crippen LogP) is 1.58. The number of rotatable bonds is 2. The topological polar surface area (TPSA) is 29.9 Å². The summed E-state index contributed by atoms with van der Waals surface area (Å²) in [6.45, 7) is 2.99. The van der Waals surface area contributed by atoms with Crippen LogP contribution in [0.5, 0.6) is 0 Å². The molecule has 1 aromatic carbocycles. The van der Waals surface area contributed by atoms with Crippen molar-refractivity contribution in [2.75, 3.05) is 6.54 Å². The molecule has 2 aromatic rings. The summed E-state index contributed by atoms with van der Waals surface area (Å²) in [6.07, 6.45) is 3.12. The number of benzene rings is 1. The van der Waals surface area contributed by atoms with Crippen LogP contribution >= 0.6 is 0 Å². The minimum Gasteiger partial charge on any atom is -0.332 e. The summed E-state index contributed by atoms with van der Waals surface area (Å²) in [6, 6.07) is 10.5. The van der Waals surface area contributed by atoms with E-state index in [1.165, 1.54) is 11.3 Å². The number of nitrogens with one attached hydrogen (secondary N) is 1. The number of fused-ring (bicyclic) bond motifs is 1. The third-order valence-electron chi connectivity index (χ3n) is 2.95. The molecule has 1 aromatic heterocycles. The molecule has 1 N–H and O–H groups in total. The Morgan fingerprint density at radius 1 is 1.25 bits per heavy atom. The molecular weight excluding hydrogens is 198 g/mol. The zero-order chi connectivity index (χ0) is 10.8. The molecular formula is C13H15N3. The second kappa shape index (κ2) is 4.10. The van der Waals surface area contributed by atoms with E-state index in [1.807, 2.05) is 6.07 Å². The van der Waals surface area contributed by atoms with Crippen molar-refractivity contribution >= 4 is 0 Å². The van der Waals surface area contributed by atoms with E-state index < -0.39 is 0 Å². The van der Waals surface area contributed by atoms with Gasteiger partial charge in [0.05, 0.1) is 12.2 Å². The summed E-state index contributed by atoms with van der Waals surface area (Å²) in [4.78, 5) is 4.65. The van der Waals surface area contributed by atoms with Gasteiger partial charge in [0.1, 0.15) is 5.82 Å². The van der Waals surface area contributed by atoms with Gasteiger partial charge in [0.2, 0.25) is 0 Å². The highest BCUT2D eigenvalue weighted by atomic mass is 15.1. The molecule has 0 radical (unpaired) electrons. The molecule has 0 aliphatic carbocycles. The van der Waals surface area contributed by atoms with Gasteiger partial charge in [0, 0.05) is 25.7 Å². The molecule has 0 atom stereocenters. The van der Waals surface area contributed by atoms with Gasteiger partial charge in [-0.1, -0.05) is 30.3 Å². The fourth-order valence-electron chi connectivity index (χ4n) is 2.14. The highest BCUT2D eigenvalue weighted by Crippen LogP contribution is 2.11. The Labute approximate surface area is 95.1 Å². The highest BCUT2D eigenvalue weighted by molar-refractivity contribution is 5.21. The Morgan fingerprint density at radius 2 is 2.12 bits per heavy atom. The van der Waals surface area contributed by atoms with Gasteiger partial charge in [0.15, 0.2) is 0 Å². The van der Waals surface area contributed by atoms with Gasteiger partial charge in [-0.15, -0.1) is 0 Å². The first-order valence-electron chi connectivity index (χ1n) is 5.71. The van der Waals surface area contributed by atoms with E-state index >= 15 is 0 Å². The molecule has 16 heavy (non-hydrogen) atoms. The lowest BCUT2D eigenvalue weighted by Crippen LogP contribution is -2.27. The lowest BCUT2D eigenvalue weighted by atomic mass is 10.1. The second-order valence-corrected chi connectivity index (χ2v) is 4.18. The van der Waals surface area contributed by atoms with Crippen molar-refractivity contribution in [3.63, 3.8) is 0 Å². The molecule has 0 fully saturated rings. The van der Waals surface area contributed by atoms with Crippen molar-refractivity contribution in [1.82, 2.24) is 14.9 Å². The SMILES string of the molecule is c1ccc(Cc2cn3c(n2)CNCC3)cc1. The maximum absolute atomic E-state index is 4.65. The van der Waals surface area contributed by atoms with Gasteiger partial charge >= 0.3 is 0 Å². The standard InChI is InChI=1S/C13H15N3/c1-2-4-11(5-3-1)8-12-10-16-7-6-14-9-13(16)15-12/h1-5,10,14H,6-9H2. The van der Waals surface area contributed by atoms with Crippen LogP contribution in [0.2, 0.25) is 0 Å². The summed E-state index contributed by atoms with van der Waals surface area (Å²) in [7, 11) is 0. The smallest absolute Gasteiger partial charge is 0.123 e. The van der Waals surface area contributed by atoms with Crippen LogP contribution in [-0.2, 0) is 19.5 Å². The summed E-state index contributed by atoms with van der Waals surface area (Å²) < 4.78 is 2.26. The summed E-state index contributed by atoms with van der Waals surface area (Å²) >= 11 is 0. The van der Waals surface area contributed by atoms with E-state index in [2.05, 4.69) is 45.3 Å². The molecule has 3 heteroatoms. The van der Waals surface area contributed by atoms with Gasteiger partial charge in [-0.05, 0) is 5.56 Å². The molecule has 0 unspecified atom stereocenters. The number of imidazole rings is 1. The molecule has 3 nitrogen and oxygen atoms in total. The van der Waals surface area contributed by atoms with Gasteiger partial charge < -0.3 is 9.88 Å². The number of nitrogens with zero attached hydrogens (tertiary/aromatic N) is 2. The van der Waals surface area contributed by atoms with Crippen molar-refractivity contribution < 1.29 is 0 Å². The van der Waals surface area contributed by atoms with E-state index in [9.17, 15) is 0 Å². The molecule has 1 aliphatic rings. The average Bonchev–Trinajstić information content (AvgIpc) is 2.72. The molecule has 0 saturated heterocycles. The first-order valence-corrected chi connectivity index (χ1v) is 5.71. The van der Waals surface area contributed by atoms with Gasteiger partial charge in [-0.3, -0.25) is 0 Å². The van der Waals surface area contributed by atoms with Crippen LogP contribution in [0.15, 0.2) is 36.5 Å². The lowest BCUT2D eigenvalue weighted by Gasteiger charge is -2.13. The maximum atomic E-state index is 4.65. The number of hydrogen-bond acceptors (Lipinski definition) is 2. The van der Waals surface area contributed by atoms with Crippen LogP contribution in [-0.4, -0.2) is 16.1 Å². The van der Waals surface area contributed by atoms with Gasteiger partial charge in [-0.2, -0.15) is 0 Å². The second-order valence-electron chi connectivity index (χ2n) is 4.18. The van der Waals surface area contributed by atoms with Crippen LogP contribution in [0.4, 0.5) is 0 Å². The normalized spacial score (nSPS) is 14.8. The predicted molar refractivity (Wildman–Crippen MR) is 63.2 cm³/mol. The third kappa shape index (κ3) is 1.86. The van der Waals surface area contributed by atoms with Crippen LogP contribution in [0.25, 0.3) is 0 Å². The fraction of sp³-hybridized carbons (Fsp3) is 0.308. The molecule has 1 aliphatic heterocycles. The first-order chi connectivity index (χ1) is 7.92. The van der Waals surface area contributed by atoms with E-state index in [0.29, 0.717) is 0 Å². The van der Waals surface area contributed by atoms with Crippen LogP contribution in [0.3, 0.4) is 0 Å². The van der Waals surface area contributed by atoms with Crippen molar-refractivity contribution in [1.29, 1.82) is 0 Å². The third-order valence-corrected chi connectivity index (χ3v) is 2.95. The molecule has 82 valence electrons.